The van der Waals surface area contributed by atoms with Crippen molar-refractivity contribution in [3.63, 3.8) is 0 Å². The second-order valence-electron chi connectivity index (χ2n) is 4.07. The van der Waals surface area contributed by atoms with E-state index in [1.807, 2.05) is 6.07 Å². The molecule has 2 amide bonds. The van der Waals surface area contributed by atoms with Gasteiger partial charge in [-0.2, -0.15) is 0 Å². The van der Waals surface area contributed by atoms with E-state index in [1.54, 1.807) is 33.3 Å². The van der Waals surface area contributed by atoms with Crippen LogP contribution in [-0.4, -0.2) is 49.3 Å². The second-order valence-corrected chi connectivity index (χ2v) is 5.84. The van der Waals surface area contributed by atoms with Gasteiger partial charge in [0.2, 0.25) is 5.91 Å². The molecule has 98 valence electrons. The minimum absolute atomic E-state index is 0.0603. The molecular weight excluding hydrogens is 364 g/mol. The highest BCUT2D eigenvalue weighted by Crippen LogP contribution is 2.22. The molecule has 0 atom stereocenters. The average molecular weight is 378 g/mol. The lowest BCUT2D eigenvalue weighted by Gasteiger charge is -2.20. The standard InChI is InChI=1S/C12H14Br2N2O2/c1-15(2)11(17)7-16(3)12(18)9-6-8(13)4-5-10(9)14/h4-6H,7H2,1-3H3. The first-order valence-electron chi connectivity index (χ1n) is 5.23. The summed E-state index contributed by atoms with van der Waals surface area (Å²) in [5.41, 5.74) is 0.526. The van der Waals surface area contributed by atoms with Gasteiger partial charge < -0.3 is 9.80 Å². The van der Waals surface area contributed by atoms with Gasteiger partial charge in [-0.1, -0.05) is 15.9 Å². The van der Waals surface area contributed by atoms with Crippen LogP contribution in [0, 0.1) is 0 Å². The first kappa shape index (κ1) is 15.2. The molecule has 0 aliphatic heterocycles. The number of rotatable bonds is 3. The third-order valence-electron chi connectivity index (χ3n) is 2.38. The quantitative estimate of drug-likeness (QED) is 0.811. The maximum Gasteiger partial charge on any atom is 0.255 e. The molecule has 0 saturated carbocycles. The molecule has 1 aromatic rings. The Balaban J connectivity index is 2.87. The largest absolute Gasteiger partial charge is 0.347 e. The van der Waals surface area contributed by atoms with Crippen LogP contribution >= 0.6 is 31.9 Å². The van der Waals surface area contributed by atoms with Crippen molar-refractivity contribution in [3.8, 4) is 0 Å². The summed E-state index contributed by atoms with van der Waals surface area (Å²) in [6.07, 6.45) is 0. The number of halogens is 2. The van der Waals surface area contributed by atoms with Crippen LogP contribution in [0.5, 0.6) is 0 Å². The lowest BCUT2D eigenvalue weighted by molar-refractivity contribution is -0.129. The molecule has 0 aliphatic carbocycles. The molecular formula is C12H14Br2N2O2. The maximum atomic E-state index is 12.2. The molecule has 0 spiro atoms. The molecule has 0 radical (unpaired) electrons. The monoisotopic (exact) mass is 376 g/mol. The molecule has 0 heterocycles. The fourth-order valence-corrected chi connectivity index (χ4v) is 2.06. The van der Waals surface area contributed by atoms with Crippen LogP contribution in [0.4, 0.5) is 0 Å². The number of likely N-dealkylation sites (N-methyl/N-ethyl adjacent to an activating group) is 2. The van der Waals surface area contributed by atoms with Gasteiger partial charge in [-0.3, -0.25) is 9.59 Å². The summed E-state index contributed by atoms with van der Waals surface area (Å²) in [4.78, 5) is 26.6. The van der Waals surface area contributed by atoms with E-state index in [9.17, 15) is 9.59 Å². The Hall–Kier alpha value is -0.880. The van der Waals surface area contributed by atoms with Crippen LogP contribution in [0.1, 0.15) is 10.4 Å². The van der Waals surface area contributed by atoms with Crippen LogP contribution < -0.4 is 0 Å². The number of hydrogen-bond acceptors (Lipinski definition) is 2. The van der Waals surface area contributed by atoms with Crippen molar-refractivity contribution in [2.45, 2.75) is 0 Å². The lowest BCUT2D eigenvalue weighted by Crippen LogP contribution is -2.37. The molecule has 4 nitrogen and oxygen atoms in total. The normalized spacial score (nSPS) is 10.1. The number of carbonyl (C=O) groups is 2. The summed E-state index contributed by atoms with van der Waals surface area (Å²) in [7, 11) is 4.93. The Morgan fingerprint density at radius 2 is 1.78 bits per heavy atom. The summed E-state index contributed by atoms with van der Waals surface area (Å²) < 4.78 is 1.53. The molecule has 0 bridgehead atoms. The molecule has 0 fully saturated rings. The maximum absolute atomic E-state index is 12.2. The Bertz CT molecular complexity index is 475. The Labute approximate surface area is 123 Å². The molecule has 18 heavy (non-hydrogen) atoms. The van der Waals surface area contributed by atoms with E-state index < -0.39 is 0 Å². The first-order valence-corrected chi connectivity index (χ1v) is 6.82. The fourth-order valence-electron chi connectivity index (χ4n) is 1.28. The van der Waals surface area contributed by atoms with E-state index in [2.05, 4.69) is 31.9 Å². The van der Waals surface area contributed by atoms with Crippen LogP contribution in [0.15, 0.2) is 27.1 Å². The van der Waals surface area contributed by atoms with Gasteiger partial charge in [-0.05, 0) is 34.1 Å². The number of benzene rings is 1. The number of amides is 2. The van der Waals surface area contributed by atoms with Crippen molar-refractivity contribution in [1.29, 1.82) is 0 Å². The van der Waals surface area contributed by atoms with Crippen LogP contribution in [0.2, 0.25) is 0 Å². The molecule has 0 saturated heterocycles. The predicted octanol–water partition coefficient (Wildman–Crippen LogP) is 2.37. The highest BCUT2D eigenvalue weighted by molar-refractivity contribution is 9.11. The summed E-state index contributed by atoms with van der Waals surface area (Å²) in [6.45, 7) is 0.0603. The lowest BCUT2D eigenvalue weighted by atomic mass is 10.2. The molecule has 1 aromatic carbocycles. The van der Waals surface area contributed by atoms with E-state index in [0.717, 1.165) is 4.47 Å². The minimum Gasteiger partial charge on any atom is -0.347 e. The van der Waals surface area contributed by atoms with Crippen molar-refractivity contribution in [2.24, 2.45) is 0 Å². The van der Waals surface area contributed by atoms with Crippen LogP contribution in [0.25, 0.3) is 0 Å². The number of nitrogens with zero attached hydrogens (tertiary/aromatic N) is 2. The van der Waals surface area contributed by atoms with E-state index in [4.69, 9.17) is 0 Å². The topological polar surface area (TPSA) is 40.6 Å². The third kappa shape index (κ3) is 3.81. The SMILES string of the molecule is CN(C)C(=O)CN(C)C(=O)c1cc(Br)ccc1Br. The molecule has 0 N–H and O–H groups in total. The van der Waals surface area contributed by atoms with Gasteiger partial charge >= 0.3 is 0 Å². The summed E-state index contributed by atoms with van der Waals surface area (Å²) in [5.74, 6) is -0.310. The van der Waals surface area contributed by atoms with Gasteiger partial charge in [0, 0.05) is 30.1 Å². The number of carbonyl (C=O) groups excluding carboxylic acids is 2. The van der Waals surface area contributed by atoms with E-state index in [-0.39, 0.29) is 18.4 Å². The van der Waals surface area contributed by atoms with Gasteiger partial charge in [0.05, 0.1) is 12.1 Å². The van der Waals surface area contributed by atoms with E-state index in [0.29, 0.717) is 10.0 Å². The van der Waals surface area contributed by atoms with Gasteiger partial charge in [-0.25, -0.2) is 0 Å². The van der Waals surface area contributed by atoms with Crippen LogP contribution in [-0.2, 0) is 4.79 Å². The summed E-state index contributed by atoms with van der Waals surface area (Å²) in [5, 5.41) is 0. The van der Waals surface area contributed by atoms with Gasteiger partial charge in [0.25, 0.3) is 5.91 Å². The summed E-state index contributed by atoms with van der Waals surface area (Å²) >= 11 is 6.65. The zero-order valence-electron chi connectivity index (χ0n) is 10.4. The molecule has 0 unspecified atom stereocenters. The second kappa shape index (κ2) is 6.33. The zero-order chi connectivity index (χ0) is 13.9. The van der Waals surface area contributed by atoms with Gasteiger partial charge in [-0.15, -0.1) is 0 Å². The number of hydrogen-bond donors (Lipinski definition) is 0. The first-order chi connectivity index (χ1) is 8.32. The highest BCUT2D eigenvalue weighted by Gasteiger charge is 2.18. The molecule has 1 rings (SSSR count). The van der Waals surface area contributed by atoms with Crippen LogP contribution in [0.3, 0.4) is 0 Å². The third-order valence-corrected chi connectivity index (χ3v) is 3.56. The summed E-state index contributed by atoms with van der Waals surface area (Å²) in [6, 6.07) is 5.35. The van der Waals surface area contributed by atoms with E-state index >= 15 is 0 Å². The average Bonchev–Trinajstić information content (AvgIpc) is 2.31. The van der Waals surface area contributed by atoms with Crippen molar-refractivity contribution >= 4 is 43.7 Å². The Kier molecular flexibility index (Phi) is 5.34. The molecule has 6 heteroatoms. The van der Waals surface area contributed by atoms with Gasteiger partial charge in [0.15, 0.2) is 0 Å². The van der Waals surface area contributed by atoms with Crippen molar-refractivity contribution < 1.29 is 9.59 Å². The fraction of sp³-hybridized carbons (Fsp3) is 0.333. The van der Waals surface area contributed by atoms with Crippen molar-refractivity contribution in [2.75, 3.05) is 27.7 Å². The van der Waals surface area contributed by atoms with Crippen molar-refractivity contribution in [3.05, 3.63) is 32.7 Å². The Morgan fingerprint density at radius 3 is 2.33 bits per heavy atom. The predicted molar refractivity (Wildman–Crippen MR) is 77.5 cm³/mol. The molecule has 0 aromatic heterocycles. The highest BCUT2D eigenvalue weighted by atomic mass is 79.9. The molecule has 0 aliphatic rings. The smallest absolute Gasteiger partial charge is 0.255 e. The Morgan fingerprint density at radius 1 is 1.17 bits per heavy atom. The van der Waals surface area contributed by atoms with Gasteiger partial charge in [0.1, 0.15) is 0 Å². The zero-order valence-corrected chi connectivity index (χ0v) is 13.6. The minimum atomic E-state index is -0.196. The van der Waals surface area contributed by atoms with E-state index in [1.165, 1.54) is 9.80 Å². The van der Waals surface area contributed by atoms with Crippen molar-refractivity contribution in [1.82, 2.24) is 9.80 Å².